The van der Waals surface area contributed by atoms with Crippen LogP contribution in [0.5, 0.6) is 0 Å². The smallest absolute Gasteiger partial charge is 0.322 e. The Balaban J connectivity index is 2.29. The van der Waals surface area contributed by atoms with E-state index in [-0.39, 0.29) is 21.8 Å². The van der Waals surface area contributed by atoms with Crippen molar-refractivity contribution >= 4 is 28.8 Å². The van der Waals surface area contributed by atoms with E-state index < -0.39 is 17.7 Å². The normalized spacial score (nSPS) is 11.7. The molecule has 0 fully saturated rings. The van der Waals surface area contributed by atoms with Crippen LogP contribution in [0.25, 0.3) is 5.57 Å². The summed E-state index contributed by atoms with van der Waals surface area (Å²) >= 11 is 5.82. The highest BCUT2D eigenvalue weighted by atomic mass is 35.5. The number of nitrogens with zero attached hydrogens (tertiary/aromatic N) is 1. The standard InChI is InChI=1S/C17H10ClF3N2O/c18-15-8-13(7-6-12(15)10-22)23-16(24)9-14(17(19,20)21)11-4-2-1-3-5-11/h1-9H,(H,23,24)/b14-9-. The fraction of sp³-hybridized carbons (Fsp3) is 0.0588. The monoisotopic (exact) mass is 350 g/mol. The van der Waals surface area contributed by atoms with Crippen LogP contribution >= 0.6 is 11.6 Å². The van der Waals surface area contributed by atoms with Crippen LogP contribution in [0.3, 0.4) is 0 Å². The molecule has 122 valence electrons. The van der Waals surface area contributed by atoms with Gasteiger partial charge in [0.2, 0.25) is 5.91 Å². The molecule has 0 atom stereocenters. The molecule has 0 spiro atoms. The minimum absolute atomic E-state index is 0.0957. The van der Waals surface area contributed by atoms with Crippen molar-refractivity contribution in [2.24, 2.45) is 0 Å². The van der Waals surface area contributed by atoms with Crippen molar-refractivity contribution in [3.05, 3.63) is 70.8 Å². The third-order valence-corrected chi connectivity index (χ3v) is 3.34. The number of allylic oxidation sites excluding steroid dienone is 1. The molecule has 1 amide bonds. The van der Waals surface area contributed by atoms with Gasteiger partial charge in [0.1, 0.15) is 6.07 Å². The van der Waals surface area contributed by atoms with Gasteiger partial charge in [0.05, 0.1) is 16.2 Å². The van der Waals surface area contributed by atoms with Gasteiger partial charge in [-0.2, -0.15) is 18.4 Å². The summed E-state index contributed by atoms with van der Waals surface area (Å²) in [6.07, 6.45) is -4.19. The van der Waals surface area contributed by atoms with E-state index in [9.17, 15) is 18.0 Å². The Bertz CT molecular complexity index is 824. The van der Waals surface area contributed by atoms with Gasteiger partial charge >= 0.3 is 6.18 Å². The van der Waals surface area contributed by atoms with Gasteiger partial charge in [-0.25, -0.2) is 0 Å². The summed E-state index contributed by atoms with van der Waals surface area (Å²) < 4.78 is 39.5. The van der Waals surface area contributed by atoms with E-state index in [1.165, 1.54) is 42.5 Å². The van der Waals surface area contributed by atoms with Gasteiger partial charge < -0.3 is 5.32 Å². The summed E-state index contributed by atoms with van der Waals surface area (Å²) in [6.45, 7) is 0. The lowest BCUT2D eigenvalue weighted by Gasteiger charge is -2.12. The SMILES string of the molecule is N#Cc1ccc(NC(=O)/C=C(/c2ccccc2)C(F)(F)F)cc1Cl. The van der Waals surface area contributed by atoms with Gasteiger partial charge in [0.25, 0.3) is 0 Å². The zero-order chi connectivity index (χ0) is 17.7. The number of halogens is 4. The molecule has 2 rings (SSSR count). The van der Waals surface area contributed by atoms with Crippen LogP contribution in [0.2, 0.25) is 5.02 Å². The largest absolute Gasteiger partial charge is 0.417 e. The molecule has 0 saturated carbocycles. The molecule has 0 aliphatic rings. The summed E-state index contributed by atoms with van der Waals surface area (Å²) in [6, 6.07) is 12.9. The van der Waals surface area contributed by atoms with Gasteiger partial charge in [-0.05, 0) is 23.8 Å². The van der Waals surface area contributed by atoms with Crippen molar-refractivity contribution in [2.45, 2.75) is 6.18 Å². The first kappa shape index (κ1) is 17.6. The quantitative estimate of drug-likeness (QED) is 0.809. The second-order valence-corrected chi connectivity index (χ2v) is 5.12. The van der Waals surface area contributed by atoms with E-state index >= 15 is 0 Å². The second kappa shape index (κ2) is 7.20. The van der Waals surface area contributed by atoms with Crippen molar-refractivity contribution in [2.75, 3.05) is 5.32 Å². The first-order valence-corrected chi connectivity index (χ1v) is 7.04. The Morgan fingerprint density at radius 2 is 1.83 bits per heavy atom. The molecule has 0 heterocycles. The fourth-order valence-electron chi connectivity index (χ4n) is 1.94. The molecule has 24 heavy (non-hydrogen) atoms. The van der Waals surface area contributed by atoms with Gasteiger partial charge in [-0.15, -0.1) is 0 Å². The topological polar surface area (TPSA) is 52.9 Å². The third-order valence-electron chi connectivity index (χ3n) is 3.02. The lowest BCUT2D eigenvalue weighted by atomic mass is 10.1. The lowest BCUT2D eigenvalue weighted by molar-refractivity contribution is -0.112. The molecular weight excluding hydrogens is 341 g/mol. The van der Waals surface area contributed by atoms with E-state index in [0.717, 1.165) is 0 Å². The number of amides is 1. The van der Waals surface area contributed by atoms with Gasteiger partial charge in [0, 0.05) is 11.8 Å². The van der Waals surface area contributed by atoms with Gasteiger partial charge in [0.15, 0.2) is 0 Å². The first-order valence-electron chi connectivity index (χ1n) is 6.66. The summed E-state index contributed by atoms with van der Waals surface area (Å²) in [7, 11) is 0. The van der Waals surface area contributed by atoms with Crippen molar-refractivity contribution in [1.29, 1.82) is 5.26 Å². The Morgan fingerprint density at radius 1 is 1.17 bits per heavy atom. The van der Waals surface area contributed by atoms with E-state index in [2.05, 4.69) is 5.32 Å². The van der Waals surface area contributed by atoms with E-state index in [1.807, 2.05) is 6.07 Å². The molecular formula is C17H10ClF3N2O. The van der Waals surface area contributed by atoms with Crippen LogP contribution in [0, 0.1) is 11.3 Å². The summed E-state index contributed by atoms with van der Waals surface area (Å²) in [5.41, 5.74) is -0.779. The Kier molecular flexibility index (Phi) is 5.27. The number of nitrogens with one attached hydrogen (secondary N) is 1. The van der Waals surface area contributed by atoms with Crippen molar-refractivity contribution in [1.82, 2.24) is 0 Å². The predicted octanol–water partition coefficient (Wildman–Crippen LogP) is 4.80. The molecule has 0 bridgehead atoms. The molecule has 1 N–H and O–H groups in total. The number of hydrogen-bond acceptors (Lipinski definition) is 2. The Hall–Kier alpha value is -2.78. The summed E-state index contributed by atoms with van der Waals surface area (Å²) in [4.78, 5) is 11.9. The van der Waals surface area contributed by atoms with E-state index in [4.69, 9.17) is 16.9 Å². The van der Waals surface area contributed by atoms with Crippen LogP contribution in [0.4, 0.5) is 18.9 Å². The maximum absolute atomic E-state index is 13.2. The minimum Gasteiger partial charge on any atom is -0.322 e. The molecule has 3 nitrogen and oxygen atoms in total. The van der Waals surface area contributed by atoms with Crippen LogP contribution in [0.1, 0.15) is 11.1 Å². The number of anilines is 1. The van der Waals surface area contributed by atoms with Crippen LogP contribution < -0.4 is 5.32 Å². The summed E-state index contributed by atoms with van der Waals surface area (Å²) in [5.74, 6) is -0.952. The van der Waals surface area contributed by atoms with Gasteiger partial charge in [-0.3, -0.25) is 4.79 Å². The second-order valence-electron chi connectivity index (χ2n) is 4.72. The van der Waals surface area contributed by atoms with E-state index in [1.54, 1.807) is 6.07 Å². The number of hydrogen-bond donors (Lipinski definition) is 1. The van der Waals surface area contributed by atoms with Crippen molar-refractivity contribution < 1.29 is 18.0 Å². The Labute approximate surface area is 141 Å². The van der Waals surface area contributed by atoms with Gasteiger partial charge in [-0.1, -0.05) is 41.9 Å². The average molecular weight is 351 g/mol. The lowest BCUT2D eigenvalue weighted by Crippen LogP contribution is -2.16. The maximum Gasteiger partial charge on any atom is 0.417 e. The van der Waals surface area contributed by atoms with Crippen LogP contribution in [-0.4, -0.2) is 12.1 Å². The molecule has 0 aliphatic heterocycles. The number of carbonyl (C=O) groups is 1. The minimum atomic E-state index is -4.68. The highest BCUT2D eigenvalue weighted by Gasteiger charge is 2.35. The fourth-order valence-corrected chi connectivity index (χ4v) is 2.16. The Morgan fingerprint density at radius 3 is 2.38 bits per heavy atom. The van der Waals surface area contributed by atoms with Crippen LogP contribution in [0.15, 0.2) is 54.6 Å². The zero-order valence-electron chi connectivity index (χ0n) is 12.1. The number of nitriles is 1. The number of alkyl halides is 3. The number of carbonyl (C=O) groups excluding carboxylic acids is 1. The number of benzene rings is 2. The van der Waals surface area contributed by atoms with E-state index in [0.29, 0.717) is 6.08 Å². The molecule has 0 radical (unpaired) electrons. The predicted molar refractivity (Wildman–Crippen MR) is 85.3 cm³/mol. The number of rotatable bonds is 3. The van der Waals surface area contributed by atoms with Crippen molar-refractivity contribution in [3.8, 4) is 6.07 Å². The highest BCUT2D eigenvalue weighted by Crippen LogP contribution is 2.33. The average Bonchev–Trinajstić information content (AvgIpc) is 2.52. The molecule has 0 aromatic heterocycles. The molecule has 2 aromatic rings. The molecule has 7 heteroatoms. The first-order chi connectivity index (χ1) is 11.3. The molecule has 2 aromatic carbocycles. The summed E-state index contributed by atoms with van der Waals surface area (Å²) in [5, 5.41) is 11.2. The molecule has 0 unspecified atom stereocenters. The molecule has 0 aliphatic carbocycles. The van der Waals surface area contributed by atoms with Crippen molar-refractivity contribution in [3.63, 3.8) is 0 Å². The maximum atomic E-state index is 13.2. The third kappa shape index (κ3) is 4.37. The van der Waals surface area contributed by atoms with Crippen LogP contribution in [-0.2, 0) is 4.79 Å². The molecule has 0 saturated heterocycles. The highest BCUT2D eigenvalue weighted by molar-refractivity contribution is 6.32. The zero-order valence-corrected chi connectivity index (χ0v) is 12.8.